The van der Waals surface area contributed by atoms with Crippen molar-refractivity contribution in [3.8, 4) is 5.88 Å². The van der Waals surface area contributed by atoms with Crippen molar-refractivity contribution in [1.82, 2.24) is 10.2 Å². The van der Waals surface area contributed by atoms with Crippen molar-refractivity contribution in [1.29, 1.82) is 0 Å². The van der Waals surface area contributed by atoms with Gasteiger partial charge in [-0.15, -0.1) is 5.10 Å². The van der Waals surface area contributed by atoms with Gasteiger partial charge in [0.25, 0.3) is 5.88 Å². The average molecular weight is 224 g/mol. The molecule has 0 radical (unpaired) electrons. The Bertz CT molecular complexity index is 520. The van der Waals surface area contributed by atoms with Gasteiger partial charge in [0, 0.05) is 12.3 Å². The second kappa shape index (κ2) is 3.74. The molecule has 5 nitrogen and oxygen atoms in total. The van der Waals surface area contributed by atoms with Gasteiger partial charge >= 0.3 is 10.1 Å². The van der Waals surface area contributed by atoms with Gasteiger partial charge in [0.05, 0.1) is 0 Å². The Labute approximate surface area is 86.8 Å². The highest BCUT2D eigenvalue weighted by Crippen LogP contribution is 2.14. The van der Waals surface area contributed by atoms with E-state index in [1.54, 1.807) is 18.2 Å². The van der Waals surface area contributed by atoms with Crippen molar-refractivity contribution in [2.24, 2.45) is 0 Å². The maximum Gasteiger partial charge on any atom is 0.340 e. The van der Waals surface area contributed by atoms with Gasteiger partial charge in [-0.1, -0.05) is 18.2 Å². The molecule has 2 rings (SSSR count). The number of aromatic amines is 1. The summed E-state index contributed by atoms with van der Waals surface area (Å²) in [5, 5.41) is 6.06. The molecule has 6 heteroatoms. The Kier molecular flexibility index (Phi) is 2.42. The molecule has 0 bridgehead atoms. The summed E-state index contributed by atoms with van der Waals surface area (Å²) >= 11 is 0. The minimum atomic E-state index is -3.77. The third-order valence-electron chi connectivity index (χ3n) is 1.70. The predicted molar refractivity (Wildman–Crippen MR) is 52.8 cm³/mol. The van der Waals surface area contributed by atoms with E-state index in [0.29, 0.717) is 0 Å². The van der Waals surface area contributed by atoms with Gasteiger partial charge in [0.1, 0.15) is 4.90 Å². The molecule has 0 saturated heterocycles. The van der Waals surface area contributed by atoms with E-state index < -0.39 is 10.1 Å². The molecule has 1 heterocycles. The van der Waals surface area contributed by atoms with Crippen molar-refractivity contribution in [2.75, 3.05) is 0 Å². The van der Waals surface area contributed by atoms with E-state index in [2.05, 4.69) is 10.2 Å². The summed E-state index contributed by atoms with van der Waals surface area (Å²) in [4.78, 5) is 0.105. The molecule has 15 heavy (non-hydrogen) atoms. The fourth-order valence-corrected chi connectivity index (χ4v) is 1.95. The number of nitrogens with zero attached hydrogens (tertiary/aromatic N) is 1. The lowest BCUT2D eigenvalue weighted by Gasteiger charge is -2.02. The summed E-state index contributed by atoms with van der Waals surface area (Å²) < 4.78 is 28.0. The van der Waals surface area contributed by atoms with Crippen LogP contribution < -0.4 is 4.18 Å². The van der Waals surface area contributed by atoms with Crippen LogP contribution in [0.2, 0.25) is 0 Å². The van der Waals surface area contributed by atoms with E-state index in [0.717, 1.165) is 0 Å². The van der Waals surface area contributed by atoms with Crippen LogP contribution in [0.5, 0.6) is 5.88 Å². The first-order chi connectivity index (χ1) is 7.18. The fourth-order valence-electron chi connectivity index (χ4n) is 1.04. The first kappa shape index (κ1) is 9.72. The Morgan fingerprint density at radius 2 is 1.87 bits per heavy atom. The zero-order chi connectivity index (χ0) is 10.7. The minimum absolute atomic E-state index is 0.0267. The molecule has 0 aliphatic rings. The Hall–Kier alpha value is -1.82. The van der Waals surface area contributed by atoms with Crippen LogP contribution in [0.1, 0.15) is 0 Å². The number of rotatable bonds is 3. The van der Waals surface area contributed by atoms with Crippen LogP contribution in [0.25, 0.3) is 0 Å². The normalized spacial score (nSPS) is 11.2. The van der Waals surface area contributed by atoms with Crippen LogP contribution >= 0.6 is 0 Å². The van der Waals surface area contributed by atoms with E-state index in [4.69, 9.17) is 4.18 Å². The lowest BCUT2D eigenvalue weighted by Crippen LogP contribution is -2.09. The van der Waals surface area contributed by atoms with Crippen LogP contribution in [0.15, 0.2) is 47.5 Å². The van der Waals surface area contributed by atoms with Gasteiger partial charge in [-0.25, -0.2) is 0 Å². The van der Waals surface area contributed by atoms with Gasteiger partial charge < -0.3 is 4.18 Å². The van der Waals surface area contributed by atoms with Crippen molar-refractivity contribution in [3.05, 3.63) is 42.6 Å². The fraction of sp³-hybridized carbons (Fsp3) is 0. The van der Waals surface area contributed by atoms with E-state index in [1.807, 2.05) is 0 Å². The van der Waals surface area contributed by atoms with E-state index >= 15 is 0 Å². The minimum Gasteiger partial charge on any atom is -0.357 e. The molecule has 2 aromatic rings. The summed E-state index contributed by atoms with van der Waals surface area (Å²) in [6.45, 7) is 0. The van der Waals surface area contributed by atoms with Gasteiger partial charge in [0.2, 0.25) is 0 Å². The Morgan fingerprint density at radius 3 is 2.47 bits per heavy atom. The molecule has 1 aromatic heterocycles. The van der Waals surface area contributed by atoms with Crippen molar-refractivity contribution in [3.63, 3.8) is 0 Å². The number of aromatic nitrogens is 2. The van der Waals surface area contributed by atoms with Crippen molar-refractivity contribution >= 4 is 10.1 Å². The summed E-state index contributed by atoms with van der Waals surface area (Å²) in [6, 6.07) is 9.33. The number of hydrogen-bond acceptors (Lipinski definition) is 4. The lowest BCUT2D eigenvalue weighted by atomic mass is 10.4. The first-order valence-corrected chi connectivity index (χ1v) is 5.59. The maximum atomic E-state index is 11.6. The smallest absolute Gasteiger partial charge is 0.340 e. The second-order valence-corrected chi connectivity index (χ2v) is 4.31. The van der Waals surface area contributed by atoms with Crippen LogP contribution in [0, 0.1) is 0 Å². The lowest BCUT2D eigenvalue weighted by molar-refractivity contribution is 0.475. The number of H-pyrrole nitrogens is 1. The third kappa shape index (κ3) is 2.16. The van der Waals surface area contributed by atoms with Gasteiger partial charge in [0.15, 0.2) is 0 Å². The predicted octanol–water partition coefficient (Wildman–Crippen LogP) is 1.18. The zero-order valence-corrected chi connectivity index (χ0v) is 8.44. The summed E-state index contributed by atoms with van der Waals surface area (Å²) in [5.41, 5.74) is 0. The molecule has 0 fully saturated rings. The van der Waals surface area contributed by atoms with Crippen LogP contribution in [0.4, 0.5) is 0 Å². The van der Waals surface area contributed by atoms with E-state index in [1.165, 1.54) is 24.4 Å². The van der Waals surface area contributed by atoms with Gasteiger partial charge in [-0.05, 0) is 12.1 Å². The molecule has 78 valence electrons. The Morgan fingerprint density at radius 1 is 1.13 bits per heavy atom. The van der Waals surface area contributed by atoms with Gasteiger partial charge in [-0.3, -0.25) is 5.10 Å². The highest BCUT2D eigenvalue weighted by molar-refractivity contribution is 7.87. The summed E-state index contributed by atoms with van der Waals surface area (Å²) in [5.74, 6) is 0.0267. The average Bonchev–Trinajstić information content (AvgIpc) is 2.71. The molecule has 0 unspecified atom stereocenters. The van der Waals surface area contributed by atoms with Crippen LogP contribution in [-0.4, -0.2) is 18.6 Å². The SMILES string of the molecule is O=S(=O)(Oc1cc[nH]n1)c1ccccc1. The highest BCUT2D eigenvalue weighted by atomic mass is 32.2. The molecular weight excluding hydrogens is 216 g/mol. The molecule has 1 aromatic carbocycles. The molecule has 1 N–H and O–H groups in total. The monoisotopic (exact) mass is 224 g/mol. The van der Waals surface area contributed by atoms with Crippen molar-refractivity contribution < 1.29 is 12.6 Å². The maximum absolute atomic E-state index is 11.6. The number of benzene rings is 1. The molecule has 0 saturated carbocycles. The van der Waals surface area contributed by atoms with E-state index in [-0.39, 0.29) is 10.8 Å². The molecule has 0 amide bonds. The van der Waals surface area contributed by atoms with Crippen LogP contribution in [-0.2, 0) is 10.1 Å². The zero-order valence-electron chi connectivity index (χ0n) is 7.62. The second-order valence-electron chi connectivity index (χ2n) is 2.76. The number of hydrogen-bond donors (Lipinski definition) is 1. The molecule has 0 aliphatic carbocycles. The molecule has 0 aliphatic heterocycles. The molecule has 0 atom stereocenters. The molecule has 0 spiro atoms. The Balaban J connectivity index is 2.29. The quantitative estimate of drug-likeness (QED) is 0.794. The summed E-state index contributed by atoms with van der Waals surface area (Å²) in [7, 11) is -3.77. The van der Waals surface area contributed by atoms with Crippen LogP contribution in [0.3, 0.4) is 0 Å². The summed E-state index contributed by atoms with van der Waals surface area (Å²) in [6.07, 6.45) is 1.48. The van der Waals surface area contributed by atoms with Crippen molar-refractivity contribution in [2.45, 2.75) is 4.90 Å². The third-order valence-corrected chi connectivity index (χ3v) is 2.94. The van der Waals surface area contributed by atoms with Gasteiger partial charge in [-0.2, -0.15) is 8.42 Å². The standard InChI is InChI=1S/C9H8N2O3S/c12-15(13,8-4-2-1-3-5-8)14-9-6-7-10-11-9/h1-7H,(H,10,11). The number of nitrogens with one attached hydrogen (secondary N) is 1. The first-order valence-electron chi connectivity index (χ1n) is 4.18. The topological polar surface area (TPSA) is 72.1 Å². The van der Waals surface area contributed by atoms with E-state index in [9.17, 15) is 8.42 Å². The molecular formula is C9H8N2O3S. The highest BCUT2D eigenvalue weighted by Gasteiger charge is 2.16. The largest absolute Gasteiger partial charge is 0.357 e.